The fraction of sp³-hybridized carbons (Fsp3) is 0.0833. The van der Waals surface area contributed by atoms with Gasteiger partial charge in [0.2, 0.25) is 0 Å². The van der Waals surface area contributed by atoms with E-state index in [1.165, 1.54) is 0 Å². The minimum atomic E-state index is -0.228. The number of anilines is 1. The van der Waals surface area contributed by atoms with Crippen molar-refractivity contribution < 1.29 is 0 Å². The first-order valence-electron chi connectivity index (χ1n) is 4.73. The molecule has 0 amide bonds. The zero-order chi connectivity index (χ0) is 10.8. The molecule has 2 rings (SSSR count). The Morgan fingerprint density at radius 2 is 1.87 bits per heavy atom. The molecule has 1 aromatic heterocycles. The highest BCUT2D eigenvalue weighted by Gasteiger charge is 2.03. The molecule has 0 radical (unpaired) electrons. The number of aryl methyl sites for hydroxylation is 1. The van der Waals surface area contributed by atoms with Crippen LogP contribution in [-0.2, 0) is 0 Å². The summed E-state index contributed by atoms with van der Waals surface area (Å²) in [5, 5.41) is 0. The second-order valence-corrected chi connectivity index (χ2v) is 3.47. The molecule has 0 fully saturated rings. The molecule has 15 heavy (non-hydrogen) atoms. The third-order valence-corrected chi connectivity index (χ3v) is 2.36. The number of aromatic nitrogens is 1. The zero-order valence-electron chi connectivity index (χ0n) is 8.45. The maximum atomic E-state index is 11.5. The van der Waals surface area contributed by atoms with Gasteiger partial charge in [0.25, 0.3) is 5.56 Å². The molecule has 0 unspecified atom stereocenters. The Hall–Kier alpha value is -2.03. The van der Waals surface area contributed by atoms with Crippen LogP contribution in [0.3, 0.4) is 0 Å². The van der Waals surface area contributed by atoms with Crippen molar-refractivity contribution in [1.29, 1.82) is 0 Å². The van der Waals surface area contributed by atoms with Crippen molar-refractivity contribution in [3.05, 3.63) is 52.3 Å². The lowest BCUT2D eigenvalue weighted by atomic mass is 10.1. The Labute approximate surface area is 87.6 Å². The number of aromatic amines is 1. The Morgan fingerprint density at radius 1 is 1.20 bits per heavy atom. The number of nitrogen functional groups attached to an aromatic ring is 1. The van der Waals surface area contributed by atoms with Gasteiger partial charge in [-0.25, -0.2) is 0 Å². The lowest BCUT2D eigenvalue weighted by molar-refractivity contribution is 1.22. The minimum absolute atomic E-state index is 0.228. The Balaban J connectivity index is 2.61. The monoisotopic (exact) mass is 200 g/mol. The Bertz CT molecular complexity index is 529. The van der Waals surface area contributed by atoms with Gasteiger partial charge < -0.3 is 10.7 Å². The molecule has 1 heterocycles. The van der Waals surface area contributed by atoms with Crippen LogP contribution in [0.2, 0.25) is 0 Å². The SMILES string of the molecule is Cc1cc(-c2ccccc2)[nH]c(=O)c1N. The van der Waals surface area contributed by atoms with Crippen molar-refractivity contribution in [2.24, 2.45) is 0 Å². The molecule has 0 atom stereocenters. The maximum Gasteiger partial charge on any atom is 0.271 e. The second-order valence-electron chi connectivity index (χ2n) is 3.47. The first-order valence-corrected chi connectivity index (χ1v) is 4.73. The van der Waals surface area contributed by atoms with E-state index in [4.69, 9.17) is 5.73 Å². The van der Waals surface area contributed by atoms with E-state index in [2.05, 4.69) is 4.98 Å². The number of hydrogen-bond donors (Lipinski definition) is 2. The summed E-state index contributed by atoms with van der Waals surface area (Å²) >= 11 is 0. The van der Waals surface area contributed by atoms with Crippen LogP contribution in [0.15, 0.2) is 41.2 Å². The maximum absolute atomic E-state index is 11.5. The number of nitrogens with one attached hydrogen (secondary N) is 1. The van der Waals surface area contributed by atoms with Gasteiger partial charge in [-0.15, -0.1) is 0 Å². The van der Waals surface area contributed by atoms with E-state index in [0.717, 1.165) is 16.8 Å². The normalized spacial score (nSPS) is 10.2. The molecule has 3 N–H and O–H groups in total. The van der Waals surface area contributed by atoms with Crippen molar-refractivity contribution in [3.8, 4) is 11.3 Å². The summed E-state index contributed by atoms with van der Waals surface area (Å²) in [6.07, 6.45) is 0. The molecule has 0 saturated heterocycles. The number of H-pyrrole nitrogens is 1. The molecular formula is C12H12N2O. The van der Waals surface area contributed by atoms with E-state index in [0.29, 0.717) is 0 Å². The topological polar surface area (TPSA) is 58.9 Å². The Kier molecular flexibility index (Phi) is 2.29. The molecule has 3 heteroatoms. The molecule has 0 aliphatic heterocycles. The van der Waals surface area contributed by atoms with E-state index >= 15 is 0 Å². The molecule has 0 bridgehead atoms. The summed E-state index contributed by atoms with van der Waals surface area (Å²) in [7, 11) is 0. The van der Waals surface area contributed by atoms with Gasteiger partial charge in [-0.1, -0.05) is 30.3 Å². The van der Waals surface area contributed by atoms with Crippen LogP contribution in [-0.4, -0.2) is 4.98 Å². The highest BCUT2D eigenvalue weighted by Crippen LogP contribution is 2.17. The van der Waals surface area contributed by atoms with Crippen LogP contribution in [0.25, 0.3) is 11.3 Å². The molecule has 0 aliphatic carbocycles. The molecule has 76 valence electrons. The van der Waals surface area contributed by atoms with E-state index in [1.54, 1.807) is 0 Å². The first kappa shape index (κ1) is 9.52. The van der Waals surface area contributed by atoms with E-state index in [1.807, 2.05) is 43.3 Å². The Morgan fingerprint density at radius 3 is 2.47 bits per heavy atom. The number of pyridine rings is 1. The van der Waals surface area contributed by atoms with E-state index in [9.17, 15) is 4.79 Å². The summed E-state index contributed by atoms with van der Waals surface area (Å²) < 4.78 is 0. The van der Waals surface area contributed by atoms with Gasteiger partial charge in [-0.3, -0.25) is 4.79 Å². The van der Waals surface area contributed by atoms with Crippen molar-refractivity contribution in [1.82, 2.24) is 4.98 Å². The molecule has 0 saturated carbocycles. The lowest BCUT2D eigenvalue weighted by Crippen LogP contribution is -2.13. The first-order chi connectivity index (χ1) is 7.18. The van der Waals surface area contributed by atoms with Gasteiger partial charge in [0.1, 0.15) is 5.69 Å². The zero-order valence-corrected chi connectivity index (χ0v) is 8.45. The average molecular weight is 200 g/mol. The van der Waals surface area contributed by atoms with Gasteiger partial charge >= 0.3 is 0 Å². The largest absolute Gasteiger partial charge is 0.394 e. The van der Waals surface area contributed by atoms with Crippen LogP contribution >= 0.6 is 0 Å². The van der Waals surface area contributed by atoms with Crippen LogP contribution in [0.5, 0.6) is 0 Å². The van der Waals surface area contributed by atoms with Gasteiger partial charge in [-0.2, -0.15) is 0 Å². The summed E-state index contributed by atoms with van der Waals surface area (Å²) in [5.74, 6) is 0. The summed E-state index contributed by atoms with van der Waals surface area (Å²) in [6.45, 7) is 1.83. The predicted molar refractivity (Wildman–Crippen MR) is 61.6 cm³/mol. The van der Waals surface area contributed by atoms with Crippen LogP contribution in [0.4, 0.5) is 5.69 Å². The summed E-state index contributed by atoms with van der Waals surface area (Å²) in [6, 6.07) is 11.6. The van der Waals surface area contributed by atoms with E-state index in [-0.39, 0.29) is 11.2 Å². The fourth-order valence-electron chi connectivity index (χ4n) is 1.47. The van der Waals surface area contributed by atoms with Crippen molar-refractivity contribution in [2.45, 2.75) is 6.92 Å². The smallest absolute Gasteiger partial charge is 0.271 e. The molecule has 0 spiro atoms. The summed E-state index contributed by atoms with van der Waals surface area (Å²) in [4.78, 5) is 14.2. The molecular weight excluding hydrogens is 188 g/mol. The number of benzene rings is 1. The third-order valence-electron chi connectivity index (χ3n) is 2.36. The van der Waals surface area contributed by atoms with Gasteiger partial charge in [0.05, 0.1) is 0 Å². The number of nitrogens with two attached hydrogens (primary N) is 1. The third kappa shape index (κ3) is 1.76. The average Bonchev–Trinajstić information content (AvgIpc) is 2.26. The number of rotatable bonds is 1. The standard InChI is InChI=1S/C12H12N2O/c1-8-7-10(14-12(15)11(8)13)9-5-3-2-4-6-9/h2-7H,13H2,1H3,(H,14,15). The highest BCUT2D eigenvalue weighted by molar-refractivity contribution is 5.62. The van der Waals surface area contributed by atoms with E-state index < -0.39 is 0 Å². The minimum Gasteiger partial charge on any atom is -0.394 e. The molecule has 3 nitrogen and oxygen atoms in total. The number of hydrogen-bond acceptors (Lipinski definition) is 2. The molecule has 0 aliphatic rings. The van der Waals surface area contributed by atoms with Crippen molar-refractivity contribution in [2.75, 3.05) is 5.73 Å². The van der Waals surface area contributed by atoms with Crippen LogP contribution in [0, 0.1) is 6.92 Å². The fourth-order valence-corrected chi connectivity index (χ4v) is 1.47. The van der Waals surface area contributed by atoms with Crippen LogP contribution < -0.4 is 11.3 Å². The van der Waals surface area contributed by atoms with Crippen molar-refractivity contribution in [3.63, 3.8) is 0 Å². The van der Waals surface area contributed by atoms with Crippen molar-refractivity contribution >= 4 is 5.69 Å². The predicted octanol–water partition coefficient (Wildman–Crippen LogP) is 1.93. The summed E-state index contributed by atoms with van der Waals surface area (Å²) in [5.41, 5.74) is 8.23. The molecule has 2 aromatic rings. The van der Waals surface area contributed by atoms with Gasteiger partial charge in [-0.05, 0) is 24.1 Å². The molecule has 1 aromatic carbocycles. The second kappa shape index (κ2) is 3.61. The lowest BCUT2D eigenvalue weighted by Gasteiger charge is -2.04. The van der Waals surface area contributed by atoms with Crippen LogP contribution in [0.1, 0.15) is 5.56 Å². The van der Waals surface area contributed by atoms with Gasteiger partial charge in [0.15, 0.2) is 0 Å². The van der Waals surface area contributed by atoms with Gasteiger partial charge in [0, 0.05) is 5.69 Å². The quantitative estimate of drug-likeness (QED) is 0.739. The highest BCUT2D eigenvalue weighted by atomic mass is 16.1.